The molecule has 0 spiro atoms. The number of benzene rings is 4. The minimum Gasteiger partial charge on any atom is -0.375 e. The first-order chi connectivity index (χ1) is 15.8. The molecule has 0 aliphatic rings. The van der Waals surface area contributed by atoms with Gasteiger partial charge in [0.25, 0.3) is 0 Å². The van der Waals surface area contributed by atoms with E-state index in [2.05, 4.69) is 4.98 Å². The van der Waals surface area contributed by atoms with Crippen LogP contribution in [0.2, 0.25) is 0 Å². The average molecular weight is 486 g/mol. The van der Waals surface area contributed by atoms with E-state index in [1.165, 1.54) is 23.5 Å². The number of thiazole rings is 1. The van der Waals surface area contributed by atoms with E-state index in [4.69, 9.17) is 4.18 Å². The lowest BCUT2D eigenvalue weighted by Crippen LogP contribution is -2.28. The van der Waals surface area contributed by atoms with Crippen molar-refractivity contribution in [3.8, 4) is 27.4 Å². The van der Waals surface area contributed by atoms with E-state index < -0.39 is 21.4 Å². The zero-order valence-electron chi connectivity index (χ0n) is 16.7. The van der Waals surface area contributed by atoms with E-state index in [1.807, 2.05) is 36.4 Å². The highest BCUT2D eigenvalue weighted by molar-refractivity contribution is 7.88. The van der Waals surface area contributed by atoms with Crippen LogP contribution in [0.5, 0.6) is 5.75 Å². The molecule has 0 amide bonds. The molecule has 0 atom stereocenters. The van der Waals surface area contributed by atoms with Crippen LogP contribution in [0.1, 0.15) is 0 Å². The Kier molecular flexibility index (Phi) is 5.10. The number of nitrogens with zero attached hydrogens (tertiary/aromatic N) is 1. The predicted molar refractivity (Wildman–Crippen MR) is 124 cm³/mol. The molecule has 1 aromatic heterocycles. The molecule has 0 unspecified atom stereocenters. The molecule has 0 saturated heterocycles. The SMILES string of the molecule is O=S(=O)(Oc1ccc2ccccc2c1-c1c(-c2nccs2)ccc2ccccc12)C(F)(F)F. The van der Waals surface area contributed by atoms with Crippen LogP contribution in [-0.2, 0) is 10.1 Å². The minimum absolute atomic E-state index is 0.253. The molecule has 5 rings (SSSR count). The number of hydrogen-bond acceptors (Lipinski definition) is 5. The van der Waals surface area contributed by atoms with E-state index >= 15 is 0 Å². The summed E-state index contributed by atoms with van der Waals surface area (Å²) >= 11 is 1.37. The molecule has 1 heterocycles. The molecule has 0 fully saturated rings. The van der Waals surface area contributed by atoms with Gasteiger partial charge in [-0.1, -0.05) is 66.7 Å². The number of halogens is 3. The van der Waals surface area contributed by atoms with Crippen molar-refractivity contribution in [2.24, 2.45) is 0 Å². The van der Waals surface area contributed by atoms with Crippen LogP contribution >= 0.6 is 11.3 Å². The number of aromatic nitrogens is 1. The van der Waals surface area contributed by atoms with Crippen LogP contribution in [0.15, 0.2) is 84.4 Å². The van der Waals surface area contributed by atoms with Crippen LogP contribution in [0.25, 0.3) is 43.2 Å². The third-order valence-electron chi connectivity index (χ3n) is 5.22. The van der Waals surface area contributed by atoms with Crippen LogP contribution < -0.4 is 4.18 Å². The van der Waals surface area contributed by atoms with E-state index in [9.17, 15) is 21.6 Å². The molecule has 5 aromatic rings. The quantitative estimate of drug-likeness (QED) is 0.203. The van der Waals surface area contributed by atoms with E-state index in [0.717, 1.165) is 16.2 Å². The third-order valence-corrected chi connectivity index (χ3v) is 6.99. The van der Waals surface area contributed by atoms with Crippen molar-refractivity contribution < 1.29 is 25.8 Å². The molecule has 0 radical (unpaired) electrons. The summed E-state index contributed by atoms with van der Waals surface area (Å²) in [6.07, 6.45) is 1.63. The van der Waals surface area contributed by atoms with E-state index in [1.54, 1.807) is 35.8 Å². The van der Waals surface area contributed by atoms with Crippen molar-refractivity contribution in [2.45, 2.75) is 5.51 Å². The Morgan fingerprint density at radius 2 is 1.39 bits per heavy atom. The Bertz CT molecular complexity index is 1600. The average Bonchev–Trinajstić information content (AvgIpc) is 3.32. The number of rotatable bonds is 4. The molecule has 9 heteroatoms. The first-order valence-electron chi connectivity index (χ1n) is 9.71. The van der Waals surface area contributed by atoms with Gasteiger partial charge in [0.05, 0.1) is 0 Å². The Labute approximate surface area is 191 Å². The standard InChI is InChI=1S/C24H14F3NO3S2/c25-24(26,27)33(29,30)31-20-12-10-16-6-2-4-8-18(16)22(20)21-17-7-3-1-5-15(17)9-11-19(21)23-28-13-14-32-23/h1-14H. The van der Waals surface area contributed by atoms with Gasteiger partial charge in [-0.3, -0.25) is 0 Å². The topological polar surface area (TPSA) is 56.3 Å². The number of alkyl halides is 3. The summed E-state index contributed by atoms with van der Waals surface area (Å²) in [5.41, 5.74) is -4.10. The summed E-state index contributed by atoms with van der Waals surface area (Å²) in [6.45, 7) is 0. The molecule has 0 aliphatic carbocycles. The van der Waals surface area contributed by atoms with Gasteiger partial charge in [-0.05, 0) is 27.6 Å². The van der Waals surface area contributed by atoms with Gasteiger partial charge >= 0.3 is 15.6 Å². The van der Waals surface area contributed by atoms with Gasteiger partial charge in [-0.2, -0.15) is 21.6 Å². The largest absolute Gasteiger partial charge is 0.534 e. The molecule has 0 saturated carbocycles. The van der Waals surface area contributed by atoms with Gasteiger partial charge in [-0.15, -0.1) is 11.3 Å². The molecule has 0 N–H and O–H groups in total. The maximum Gasteiger partial charge on any atom is 0.534 e. The lowest BCUT2D eigenvalue weighted by molar-refractivity contribution is -0.0499. The van der Waals surface area contributed by atoms with Gasteiger partial charge in [0.2, 0.25) is 0 Å². The summed E-state index contributed by atoms with van der Waals surface area (Å²) in [5.74, 6) is -0.403. The summed E-state index contributed by atoms with van der Waals surface area (Å²) in [6, 6.07) is 21.0. The van der Waals surface area contributed by atoms with Gasteiger partial charge in [0, 0.05) is 28.3 Å². The highest BCUT2D eigenvalue weighted by Gasteiger charge is 2.49. The highest BCUT2D eigenvalue weighted by atomic mass is 32.2. The third kappa shape index (κ3) is 3.73. The zero-order chi connectivity index (χ0) is 23.2. The first-order valence-corrected chi connectivity index (χ1v) is 12.0. The van der Waals surface area contributed by atoms with Crippen molar-refractivity contribution >= 4 is 43.0 Å². The van der Waals surface area contributed by atoms with Crippen LogP contribution in [0.3, 0.4) is 0 Å². The van der Waals surface area contributed by atoms with Crippen molar-refractivity contribution in [1.82, 2.24) is 4.98 Å². The lowest BCUT2D eigenvalue weighted by atomic mass is 9.89. The Balaban J connectivity index is 1.92. The molecule has 4 aromatic carbocycles. The van der Waals surface area contributed by atoms with Gasteiger partial charge < -0.3 is 4.18 Å². The lowest BCUT2D eigenvalue weighted by Gasteiger charge is -2.19. The normalized spacial score (nSPS) is 12.3. The molecule has 4 nitrogen and oxygen atoms in total. The predicted octanol–water partition coefficient (Wildman–Crippen LogP) is 7.01. The van der Waals surface area contributed by atoms with Gasteiger partial charge in [0.15, 0.2) is 5.75 Å². The second kappa shape index (κ2) is 7.86. The fourth-order valence-corrected chi connectivity index (χ4v) is 4.96. The fourth-order valence-electron chi connectivity index (χ4n) is 3.82. The highest BCUT2D eigenvalue weighted by Crippen LogP contribution is 2.46. The monoisotopic (exact) mass is 485 g/mol. The summed E-state index contributed by atoms with van der Waals surface area (Å²) in [5, 5.41) is 5.29. The maximum atomic E-state index is 13.2. The molecule has 33 heavy (non-hydrogen) atoms. The Hall–Kier alpha value is -3.43. The van der Waals surface area contributed by atoms with Crippen LogP contribution in [0, 0.1) is 0 Å². The Morgan fingerprint density at radius 1 is 0.788 bits per heavy atom. The minimum atomic E-state index is -5.88. The fraction of sp³-hybridized carbons (Fsp3) is 0.0417. The first kappa shape index (κ1) is 21.4. The van der Waals surface area contributed by atoms with Gasteiger partial charge in [-0.25, -0.2) is 4.98 Å². The zero-order valence-corrected chi connectivity index (χ0v) is 18.3. The van der Waals surface area contributed by atoms with Crippen LogP contribution in [0.4, 0.5) is 13.2 Å². The molecule has 0 bridgehead atoms. The van der Waals surface area contributed by atoms with E-state index in [-0.39, 0.29) is 5.56 Å². The van der Waals surface area contributed by atoms with Crippen molar-refractivity contribution in [3.05, 3.63) is 84.4 Å². The maximum absolute atomic E-state index is 13.2. The molecule has 0 aliphatic heterocycles. The molecular weight excluding hydrogens is 471 g/mol. The van der Waals surface area contributed by atoms with Gasteiger partial charge in [0.1, 0.15) is 5.01 Å². The number of hydrogen-bond donors (Lipinski definition) is 0. The summed E-state index contributed by atoms with van der Waals surface area (Å²) in [7, 11) is -5.88. The second-order valence-electron chi connectivity index (χ2n) is 7.19. The smallest absolute Gasteiger partial charge is 0.375 e. The number of fused-ring (bicyclic) bond motifs is 2. The van der Waals surface area contributed by atoms with Crippen LogP contribution in [-0.4, -0.2) is 18.9 Å². The summed E-state index contributed by atoms with van der Waals surface area (Å²) in [4.78, 5) is 4.38. The van der Waals surface area contributed by atoms with E-state index in [0.29, 0.717) is 21.5 Å². The van der Waals surface area contributed by atoms with Crippen molar-refractivity contribution in [2.75, 3.05) is 0 Å². The second-order valence-corrected chi connectivity index (χ2v) is 9.62. The summed E-state index contributed by atoms with van der Waals surface area (Å²) < 4.78 is 68.2. The Morgan fingerprint density at radius 3 is 2.00 bits per heavy atom. The van der Waals surface area contributed by atoms with Crippen molar-refractivity contribution in [1.29, 1.82) is 0 Å². The molecule has 166 valence electrons. The van der Waals surface area contributed by atoms with Crippen molar-refractivity contribution in [3.63, 3.8) is 0 Å². The molecular formula is C24H14F3NO3S2.